The van der Waals surface area contributed by atoms with Crippen molar-refractivity contribution in [3.8, 4) is 0 Å². The van der Waals surface area contributed by atoms with E-state index < -0.39 is 20.0 Å². The maximum atomic E-state index is 13.5. The number of phosphoric ester groups is 1. The van der Waals surface area contributed by atoms with E-state index >= 15 is 0 Å². The Morgan fingerprint density at radius 3 is 1.39 bits per heavy atom. The number of carbonyl (C=O) groups excluding carboxylic acids is 2. The monoisotopic (exact) mass is 1070 g/mol. The van der Waals surface area contributed by atoms with Crippen molar-refractivity contribution < 1.29 is 37.3 Å². The molecule has 0 aromatic rings. The van der Waals surface area contributed by atoms with Gasteiger partial charge in [-0.25, -0.2) is 4.57 Å². The van der Waals surface area contributed by atoms with Crippen LogP contribution in [0.2, 0.25) is 0 Å². The number of unbranched alkanes of at least 4 members (excludes halogenated alkanes) is 25. The average molecular weight is 1070 g/mol. The molecule has 0 heterocycles. The first-order valence-corrected chi connectivity index (χ1v) is 32.1. The van der Waals surface area contributed by atoms with Gasteiger partial charge in [0.05, 0.1) is 33.8 Å². The number of ether oxygens (including phenoxy) is 1. The smallest absolute Gasteiger partial charge is 0.456 e. The second-order valence-corrected chi connectivity index (χ2v) is 23.0. The molecular weight excluding hydrogens is 952 g/mol. The van der Waals surface area contributed by atoms with Crippen LogP contribution in [0.5, 0.6) is 0 Å². The van der Waals surface area contributed by atoms with Gasteiger partial charge in [0.15, 0.2) is 0 Å². The van der Waals surface area contributed by atoms with Crippen molar-refractivity contribution in [1.82, 2.24) is 5.32 Å². The van der Waals surface area contributed by atoms with Gasteiger partial charge in [-0.2, -0.15) is 0 Å². The molecule has 0 saturated carbocycles. The Kier molecular flexibility index (Phi) is 52.1. The number of hydrogen-bond donors (Lipinski definition) is 2. The molecule has 432 valence electrons. The molecular formula is C65H116N2O7P+. The molecule has 75 heavy (non-hydrogen) atoms. The van der Waals surface area contributed by atoms with Gasteiger partial charge >= 0.3 is 13.8 Å². The maximum absolute atomic E-state index is 13.5. The molecule has 9 nitrogen and oxygen atoms in total. The van der Waals surface area contributed by atoms with E-state index in [1.165, 1.54) is 83.5 Å². The van der Waals surface area contributed by atoms with Gasteiger partial charge in [0.25, 0.3) is 0 Å². The lowest BCUT2D eigenvalue weighted by molar-refractivity contribution is -0.870. The molecule has 3 unspecified atom stereocenters. The van der Waals surface area contributed by atoms with Crippen molar-refractivity contribution in [2.45, 2.75) is 264 Å². The minimum atomic E-state index is -4.46. The van der Waals surface area contributed by atoms with E-state index in [-0.39, 0.29) is 31.5 Å². The largest absolute Gasteiger partial charge is 0.472 e. The molecule has 0 aromatic carbocycles. The quantitative estimate of drug-likeness (QED) is 0.0156. The predicted octanol–water partition coefficient (Wildman–Crippen LogP) is 18.8. The third kappa shape index (κ3) is 55.5. The summed E-state index contributed by atoms with van der Waals surface area (Å²) in [5, 5.41) is 3.04. The van der Waals surface area contributed by atoms with E-state index in [9.17, 15) is 19.0 Å². The number of likely N-dealkylation sites (N-methyl/N-ethyl adjacent to an activating group) is 1. The number of carbonyl (C=O) groups is 2. The van der Waals surface area contributed by atoms with Crippen molar-refractivity contribution in [2.75, 3.05) is 40.9 Å². The van der Waals surface area contributed by atoms with Gasteiger partial charge in [-0.1, -0.05) is 234 Å². The lowest BCUT2D eigenvalue weighted by atomic mass is 10.0. The van der Waals surface area contributed by atoms with E-state index in [1.54, 1.807) is 0 Å². The molecule has 3 atom stereocenters. The Labute approximate surface area is 462 Å². The van der Waals surface area contributed by atoms with Crippen LogP contribution < -0.4 is 5.32 Å². The van der Waals surface area contributed by atoms with Gasteiger partial charge in [0, 0.05) is 12.8 Å². The molecule has 0 rings (SSSR count). The summed E-state index contributed by atoms with van der Waals surface area (Å²) in [6.45, 7) is 6.84. The van der Waals surface area contributed by atoms with Crippen LogP contribution in [-0.4, -0.2) is 74.3 Å². The second-order valence-electron chi connectivity index (χ2n) is 21.5. The lowest BCUT2D eigenvalue weighted by Crippen LogP contribution is -2.47. The fraction of sp³-hybridized carbons (Fsp3) is 0.723. The molecule has 0 bridgehead atoms. The minimum Gasteiger partial charge on any atom is -0.456 e. The van der Waals surface area contributed by atoms with Crippen molar-refractivity contribution in [2.24, 2.45) is 0 Å². The van der Waals surface area contributed by atoms with Gasteiger partial charge in [-0.3, -0.25) is 18.6 Å². The SMILES string of the molecule is CC/C=C\C/C=C\C/C=C\C/C=C\C/C=C\CCCCCCCC(=O)OC(/C=C\CCCCCCCCCCCCC)C(COP(=O)(O)OCC[N+](C)(C)C)NC(=O)CCCCCCCC/C=C/C=C/CCCCC. The van der Waals surface area contributed by atoms with Crippen molar-refractivity contribution in [1.29, 1.82) is 0 Å². The van der Waals surface area contributed by atoms with Crippen LogP contribution in [0.4, 0.5) is 0 Å². The summed E-state index contributed by atoms with van der Waals surface area (Å²) >= 11 is 0. The number of esters is 1. The Bertz CT molecular complexity index is 1610. The summed E-state index contributed by atoms with van der Waals surface area (Å²) in [4.78, 5) is 37.7. The van der Waals surface area contributed by atoms with Gasteiger partial charge in [0.1, 0.15) is 19.3 Å². The highest BCUT2D eigenvalue weighted by Gasteiger charge is 2.30. The summed E-state index contributed by atoms with van der Waals surface area (Å²) in [5.41, 5.74) is 0. The van der Waals surface area contributed by atoms with Crippen LogP contribution in [0.15, 0.2) is 97.2 Å². The normalized spacial score (nSPS) is 14.4. The van der Waals surface area contributed by atoms with Crippen LogP contribution in [0, 0.1) is 0 Å². The lowest BCUT2D eigenvalue weighted by Gasteiger charge is -2.27. The molecule has 0 saturated heterocycles. The first kappa shape index (κ1) is 71.9. The molecule has 0 aliphatic rings. The van der Waals surface area contributed by atoms with E-state index in [0.717, 1.165) is 128 Å². The first-order chi connectivity index (χ1) is 36.4. The Morgan fingerprint density at radius 2 is 0.893 bits per heavy atom. The summed E-state index contributed by atoms with van der Waals surface area (Å²) in [6.07, 6.45) is 72.5. The standard InChI is InChI=1S/C65H115N2O7P/c1-7-10-13-16-19-22-25-28-30-31-32-33-34-35-37-40-43-46-49-52-55-58-65(69)74-63(56-53-50-47-44-41-38-27-24-21-18-15-12-9-3)62(61-73-75(70,71)72-60-59-67(4,5)6)66-64(68)57-54-51-48-45-42-39-36-29-26-23-20-17-14-11-8-2/h10,13,19-20,22-23,26,28-30,32-33,35,37,53,56,62-63H,7-9,11-12,14-18,21,24-25,27,31,34,36,38-52,54-55,57-61H2,1-6H3,(H-,66,68,70,71)/p+1/b13-10-,22-19-,23-20+,29-26+,30-28-,33-32-,37-35-,56-53-. The van der Waals surface area contributed by atoms with Gasteiger partial charge < -0.3 is 19.4 Å². The maximum Gasteiger partial charge on any atom is 0.472 e. The third-order valence-electron chi connectivity index (χ3n) is 13.0. The molecule has 0 radical (unpaired) electrons. The topological polar surface area (TPSA) is 111 Å². The minimum absolute atomic E-state index is 0.0300. The molecule has 0 aliphatic carbocycles. The van der Waals surface area contributed by atoms with Crippen molar-refractivity contribution >= 4 is 19.7 Å². The van der Waals surface area contributed by atoms with Crippen LogP contribution in [0.1, 0.15) is 252 Å². The number of rotatable bonds is 54. The Morgan fingerprint density at radius 1 is 0.493 bits per heavy atom. The molecule has 1 amide bonds. The van der Waals surface area contributed by atoms with Crippen molar-refractivity contribution in [3.05, 3.63) is 97.2 Å². The van der Waals surface area contributed by atoms with Crippen LogP contribution >= 0.6 is 7.82 Å². The molecule has 0 spiro atoms. The fourth-order valence-electron chi connectivity index (χ4n) is 8.31. The van der Waals surface area contributed by atoms with Crippen LogP contribution in [-0.2, 0) is 27.9 Å². The molecule has 10 heteroatoms. The average Bonchev–Trinajstić information content (AvgIpc) is 3.37. The molecule has 0 aromatic heterocycles. The molecule has 2 N–H and O–H groups in total. The molecule has 0 aliphatic heterocycles. The van der Waals surface area contributed by atoms with E-state index in [0.29, 0.717) is 23.9 Å². The van der Waals surface area contributed by atoms with Crippen LogP contribution in [0.3, 0.4) is 0 Å². The van der Waals surface area contributed by atoms with E-state index in [2.05, 4.69) is 111 Å². The van der Waals surface area contributed by atoms with E-state index in [1.807, 2.05) is 33.3 Å². The zero-order chi connectivity index (χ0) is 55.0. The second kappa shape index (κ2) is 54.3. The van der Waals surface area contributed by atoms with E-state index in [4.69, 9.17) is 13.8 Å². The number of nitrogens with zero attached hydrogens (tertiary/aromatic N) is 1. The zero-order valence-corrected chi connectivity index (χ0v) is 50.2. The number of quaternary nitrogens is 1. The van der Waals surface area contributed by atoms with Gasteiger partial charge in [0.2, 0.25) is 5.91 Å². The number of amides is 1. The summed E-state index contributed by atoms with van der Waals surface area (Å²) < 4.78 is 30.7. The zero-order valence-electron chi connectivity index (χ0n) is 49.3. The highest BCUT2D eigenvalue weighted by Crippen LogP contribution is 2.43. The van der Waals surface area contributed by atoms with Gasteiger partial charge in [-0.05, 0) is 102 Å². The Balaban J connectivity index is 5.36. The Hall–Kier alpha value is -3.07. The third-order valence-corrected chi connectivity index (χ3v) is 14.0. The fourth-order valence-corrected chi connectivity index (χ4v) is 9.05. The summed E-state index contributed by atoms with van der Waals surface area (Å²) in [7, 11) is 1.46. The number of hydrogen-bond acceptors (Lipinski definition) is 6. The van der Waals surface area contributed by atoms with Crippen LogP contribution in [0.25, 0.3) is 0 Å². The highest BCUT2D eigenvalue weighted by atomic mass is 31.2. The first-order valence-electron chi connectivity index (χ1n) is 30.6. The van der Waals surface area contributed by atoms with Gasteiger partial charge in [-0.15, -0.1) is 0 Å². The van der Waals surface area contributed by atoms with Crippen molar-refractivity contribution in [3.63, 3.8) is 0 Å². The number of nitrogens with one attached hydrogen (secondary N) is 1. The number of allylic oxidation sites excluding steroid dienone is 15. The summed E-state index contributed by atoms with van der Waals surface area (Å²) in [6, 6.07) is -0.868. The highest BCUT2D eigenvalue weighted by molar-refractivity contribution is 7.47. The number of phosphoric acid groups is 1. The predicted molar refractivity (Wildman–Crippen MR) is 323 cm³/mol. The molecule has 0 fully saturated rings. The summed E-state index contributed by atoms with van der Waals surface area (Å²) in [5.74, 6) is -0.544.